The monoisotopic (exact) mass is 489 g/mol. The van der Waals surface area contributed by atoms with Crippen LogP contribution in [0.1, 0.15) is 56.6 Å². The van der Waals surface area contributed by atoms with Gasteiger partial charge >= 0.3 is 0 Å². The van der Waals surface area contributed by atoms with E-state index in [0.717, 1.165) is 47.5 Å². The van der Waals surface area contributed by atoms with E-state index in [0.29, 0.717) is 23.9 Å². The van der Waals surface area contributed by atoms with E-state index in [2.05, 4.69) is 71.2 Å². The maximum absolute atomic E-state index is 9.38. The number of aryl methyl sites for hydroxylation is 1. The van der Waals surface area contributed by atoms with Crippen LogP contribution in [-0.2, 0) is 0 Å². The molecule has 2 aliphatic rings. The number of ether oxygens (including phenoxy) is 1. The number of piperazine rings is 1. The number of anilines is 3. The quantitative estimate of drug-likeness (QED) is 0.470. The lowest BCUT2D eigenvalue weighted by Gasteiger charge is -2.45. The predicted molar refractivity (Wildman–Crippen MR) is 147 cm³/mol. The number of β-amino-alcohol motifs (C(OH)–C–C–N with tert-alkyl or cyclic N) is 1. The summed E-state index contributed by atoms with van der Waals surface area (Å²) in [5.41, 5.74) is 5.57. The van der Waals surface area contributed by atoms with E-state index in [4.69, 9.17) is 9.72 Å². The van der Waals surface area contributed by atoms with Gasteiger partial charge in [0.15, 0.2) is 0 Å². The van der Waals surface area contributed by atoms with Gasteiger partial charge in [0.25, 0.3) is 0 Å². The molecule has 2 heterocycles. The van der Waals surface area contributed by atoms with Crippen molar-refractivity contribution in [3.8, 4) is 5.75 Å². The fourth-order valence-electron chi connectivity index (χ4n) is 6.19. The van der Waals surface area contributed by atoms with Crippen molar-refractivity contribution in [3.05, 3.63) is 47.7 Å². The smallest absolute Gasteiger partial charge is 0.227 e. The van der Waals surface area contributed by atoms with Crippen LogP contribution in [0.4, 0.5) is 17.3 Å². The summed E-state index contributed by atoms with van der Waals surface area (Å²) in [6, 6.07) is 11.5. The minimum Gasteiger partial charge on any atom is -0.496 e. The van der Waals surface area contributed by atoms with E-state index >= 15 is 0 Å². The Bertz CT molecular complexity index is 1180. The molecule has 5 rings (SSSR count). The molecule has 2 aromatic carbocycles. The average molecular weight is 490 g/mol. The number of fused-ring (bicyclic) bond motifs is 1. The lowest BCUT2D eigenvalue weighted by atomic mass is 9.92. The molecule has 7 heteroatoms. The fourth-order valence-corrected chi connectivity index (χ4v) is 6.19. The highest BCUT2D eigenvalue weighted by atomic mass is 16.5. The molecule has 36 heavy (non-hydrogen) atoms. The molecule has 0 spiro atoms. The van der Waals surface area contributed by atoms with Crippen LogP contribution in [0.2, 0.25) is 0 Å². The van der Waals surface area contributed by atoms with Gasteiger partial charge in [-0.2, -0.15) is 0 Å². The zero-order chi connectivity index (χ0) is 25.2. The van der Waals surface area contributed by atoms with Crippen LogP contribution in [-0.4, -0.2) is 65.4 Å². The van der Waals surface area contributed by atoms with Crippen LogP contribution in [0.5, 0.6) is 5.75 Å². The Morgan fingerprint density at radius 3 is 2.42 bits per heavy atom. The second-order valence-electron chi connectivity index (χ2n) is 10.5. The molecule has 2 unspecified atom stereocenters. The number of aromatic nitrogens is 2. The van der Waals surface area contributed by atoms with Crippen molar-refractivity contribution in [1.29, 1.82) is 0 Å². The maximum Gasteiger partial charge on any atom is 0.227 e. The minimum atomic E-state index is 0.209. The molecule has 2 fully saturated rings. The number of nitrogens with zero attached hydrogens (tertiary/aromatic N) is 4. The van der Waals surface area contributed by atoms with Crippen molar-refractivity contribution >= 4 is 28.2 Å². The normalized spacial score (nSPS) is 21.3. The number of benzene rings is 2. The number of aliphatic hydroxyl groups excluding tert-OH is 1. The van der Waals surface area contributed by atoms with Crippen LogP contribution in [0.25, 0.3) is 10.9 Å². The molecule has 2 N–H and O–H groups in total. The van der Waals surface area contributed by atoms with Crippen molar-refractivity contribution in [2.75, 3.05) is 43.6 Å². The summed E-state index contributed by atoms with van der Waals surface area (Å²) in [7, 11) is 1.76. The number of methoxy groups -OCH3 is 1. The third-order valence-electron chi connectivity index (χ3n) is 8.01. The van der Waals surface area contributed by atoms with Gasteiger partial charge in [-0.25, -0.2) is 9.97 Å². The molecule has 7 nitrogen and oxygen atoms in total. The zero-order valence-electron chi connectivity index (χ0n) is 22.0. The Labute approximate surface area is 214 Å². The van der Waals surface area contributed by atoms with Gasteiger partial charge in [0.2, 0.25) is 5.95 Å². The third kappa shape index (κ3) is 4.87. The topological polar surface area (TPSA) is 73.8 Å². The maximum atomic E-state index is 9.38. The average Bonchev–Trinajstić information content (AvgIpc) is 3.41. The first-order valence-corrected chi connectivity index (χ1v) is 13.3. The van der Waals surface area contributed by atoms with Crippen molar-refractivity contribution in [3.63, 3.8) is 0 Å². The number of nitrogens with one attached hydrogen (secondary N) is 1. The molecule has 1 aliphatic carbocycles. The predicted octanol–water partition coefficient (Wildman–Crippen LogP) is 5.24. The number of aliphatic hydroxyl groups is 1. The molecule has 3 aromatic rings. The van der Waals surface area contributed by atoms with E-state index in [-0.39, 0.29) is 6.61 Å². The van der Waals surface area contributed by atoms with Crippen molar-refractivity contribution in [2.45, 2.75) is 64.5 Å². The fraction of sp³-hybridized carbons (Fsp3) is 0.517. The molecule has 1 saturated carbocycles. The summed E-state index contributed by atoms with van der Waals surface area (Å²) in [4.78, 5) is 14.5. The van der Waals surface area contributed by atoms with Crippen LogP contribution in [0.15, 0.2) is 36.5 Å². The molecule has 2 atom stereocenters. The minimum absolute atomic E-state index is 0.209. The van der Waals surface area contributed by atoms with Crippen LogP contribution >= 0.6 is 0 Å². The number of hydrogen-bond donors (Lipinski definition) is 2. The summed E-state index contributed by atoms with van der Waals surface area (Å²) in [5, 5.41) is 13.9. The molecule has 1 aromatic heterocycles. The van der Waals surface area contributed by atoms with E-state index in [1.807, 2.05) is 6.20 Å². The summed E-state index contributed by atoms with van der Waals surface area (Å²) in [6.07, 6.45) is 6.85. The highest BCUT2D eigenvalue weighted by Crippen LogP contribution is 2.43. The molecular formula is C29H39N5O2. The number of rotatable bonds is 7. The van der Waals surface area contributed by atoms with Crippen LogP contribution < -0.4 is 15.0 Å². The van der Waals surface area contributed by atoms with Gasteiger partial charge in [0.1, 0.15) is 5.75 Å². The standard InChI is InChI=1S/C29H39N5O2/c1-19-15-26(36-4)27(22-7-5-6-8-22)28-25(19)16-30-29(32-28)31-23-9-11-24(12-10-23)33-17-20(2)34(13-14-35)21(3)18-33/h9-12,15-16,20-22,35H,5-8,13-14,17-18H2,1-4H3,(H,30,31,32). The van der Waals surface area contributed by atoms with E-state index in [9.17, 15) is 5.11 Å². The van der Waals surface area contributed by atoms with Crippen molar-refractivity contribution < 1.29 is 9.84 Å². The van der Waals surface area contributed by atoms with Crippen molar-refractivity contribution in [1.82, 2.24) is 14.9 Å². The molecule has 1 saturated heterocycles. The van der Waals surface area contributed by atoms with E-state index < -0.39 is 0 Å². The lowest BCUT2D eigenvalue weighted by Crippen LogP contribution is -2.57. The Hall–Kier alpha value is -2.90. The van der Waals surface area contributed by atoms with Gasteiger partial charge in [0.05, 0.1) is 19.2 Å². The highest BCUT2D eigenvalue weighted by molar-refractivity contribution is 5.88. The van der Waals surface area contributed by atoms with Gasteiger partial charge < -0.3 is 20.1 Å². The molecule has 1 aliphatic heterocycles. The van der Waals surface area contributed by atoms with Gasteiger partial charge in [0, 0.05) is 60.2 Å². The first-order valence-electron chi connectivity index (χ1n) is 13.3. The third-order valence-corrected chi connectivity index (χ3v) is 8.01. The SMILES string of the molecule is COc1cc(C)c2cnc(Nc3ccc(N4CC(C)N(CCO)C(C)C4)cc3)nc2c1C1CCCC1. The molecule has 0 amide bonds. The second kappa shape index (κ2) is 10.6. The zero-order valence-corrected chi connectivity index (χ0v) is 22.0. The van der Waals surface area contributed by atoms with Crippen LogP contribution in [0.3, 0.4) is 0 Å². The first kappa shape index (κ1) is 24.8. The van der Waals surface area contributed by atoms with Gasteiger partial charge in [-0.15, -0.1) is 0 Å². The molecular weight excluding hydrogens is 450 g/mol. The Morgan fingerprint density at radius 1 is 1.08 bits per heavy atom. The Morgan fingerprint density at radius 2 is 1.78 bits per heavy atom. The number of hydrogen-bond acceptors (Lipinski definition) is 7. The first-order chi connectivity index (χ1) is 17.5. The van der Waals surface area contributed by atoms with Crippen molar-refractivity contribution in [2.24, 2.45) is 0 Å². The second-order valence-corrected chi connectivity index (χ2v) is 10.5. The largest absolute Gasteiger partial charge is 0.496 e. The summed E-state index contributed by atoms with van der Waals surface area (Å²) in [5.74, 6) is 2.05. The van der Waals surface area contributed by atoms with Crippen LogP contribution in [0, 0.1) is 6.92 Å². The van der Waals surface area contributed by atoms with Gasteiger partial charge in [-0.1, -0.05) is 12.8 Å². The highest BCUT2D eigenvalue weighted by Gasteiger charge is 2.29. The van der Waals surface area contributed by atoms with E-state index in [1.54, 1.807) is 7.11 Å². The van der Waals surface area contributed by atoms with Gasteiger partial charge in [-0.05, 0) is 75.4 Å². The lowest BCUT2D eigenvalue weighted by molar-refractivity contribution is 0.103. The Balaban J connectivity index is 1.37. The molecule has 192 valence electrons. The molecule has 0 bridgehead atoms. The molecule has 0 radical (unpaired) electrons. The van der Waals surface area contributed by atoms with E-state index in [1.165, 1.54) is 36.9 Å². The summed E-state index contributed by atoms with van der Waals surface area (Å²) < 4.78 is 5.81. The Kier molecular flexibility index (Phi) is 7.30. The summed E-state index contributed by atoms with van der Waals surface area (Å²) >= 11 is 0. The van der Waals surface area contributed by atoms with Gasteiger partial charge in [-0.3, -0.25) is 4.90 Å². The summed E-state index contributed by atoms with van der Waals surface area (Å²) in [6.45, 7) is 9.43.